The van der Waals surface area contributed by atoms with Crippen molar-refractivity contribution in [2.45, 2.75) is 6.42 Å². The van der Waals surface area contributed by atoms with Crippen molar-refractivity contribution in [3.63, 3.8) is 0 Å². The Labute approximate surface area is 127 Å². The van der Waals surface area contributed by atoms with Crippen LogP contribution in [0.4, 0.5) is 10.8 Å². The molecule has 1 amide bonds. The van der Waals surface area contributed by atoms with Crippen LogP contribution in [0, 0.1) is 0 Å². The number of pyridine rings is 1. The van der Waals surface area contributed by atoms with Gasteiger partial charge in [0.25, 0.3) is 0 Å². The zero-order valence-electron chi connectivity index (χ0n) is 11.8. The molecule has 0 spiro atoms. The van der Waals surface area contributed by atoms with E-state index in [4.69, 9.17) is 5.73 Å². The first kappa shape index (κ1) is 13.8. The highest BCUT2D eigenvalue weighted by molar-refractivity contribution is 7.11. The van der Waals surface area contributed by atoms with Gasteiger partial charge in [0.05, 0.1) is 12.1 Å². The molecule has 0 radical (unpaired) electrons. The summed E-state index contributed by atoms with van der Waals surface area (Å²) in [5.41, 5.74) is 7.84. The lowest BCUT2D eigenvalue weighted by atomic mass is 10.1. The summed E-state index contributed by atoms with van der Waals surface area (Å²) in [4.78, 5) is 20.1. The van der Waals surface area contributed by atoms with E-state index in [1.165, 1.54) is 11.5 Å². The molecule has 2 N–H and O–H groups in total. The topological polar surface area (TPSA) is 75.3 Å². The zero-order valence-corrected chi connectivity index (χ0v) is 12.6. The fourth-order valence-corrected chi connectivity index (χ4v) is 3.31. The van der Waals surface area contributed by atoms with Crippen LogP contribution in [-0.2, 0) is 4.79 Å². The summed E-state index contributed by atoms with van der Waals surface area (Å²) in [6.07, 6.45) is 4.44. The average Bonchev–Trinajstić information content (AvgIpc) is 2.80. The van der Waals surface area contributed by atoms with Crippen molar-refractivity contribution < 1.29 is 4.79 Å². The SMILES string of the molecule is CN1CCCN(c2snc(N)c2-c2cccnc2)CC1=O. The molecule has 2 aromatic heterocycles. The van der Waals surface area contributed by atoms with Gasteiger partial charge in [-0.25, -0.2) is 0 Å². The highest BCUT2D eigenvalue weighted by atomic mass is 32.1. The summed E-state index contributed by atoms with van der Waals surface area (Å²) < 4.78 is 4.27. The summed E-state index contributed by atoms with van der Waals surface area (Å²) in [5.74, 6) is 0.615. The van der Waals surface area contributed by atoms with Gasteiger partial charge in [-0.2, -0.15) is 4.37 Å². The summed E-state index contributed by atoms with van der Waals surface area (Å²) in [5, 5.41) is 0.948. The van der Waals surface area contributed by atoms with Gasteiger partial charge in [-0.05, 0) is 24.0 Å². The summed E-state index contributed by atoms with van der Waals surface area (Å²) in [6.45, 7) is 1.97. The van der Waals surface area contributed by atoms with Crippen molar-refractivity contribution in [1.29, 1.82) is 0 Å². The molecular formula is C14H17N5OS. The van der Waals surface area contributed by atoms with Crippen LogP contribution in [-0.4, -0.2) is 46.8 Å². The van der Waals surface area contributed by atoms with Gasteiger partial charge in [-0.15, -0.1) is 0 Å². The smallest absolute Gasteiger partial charge is 0.241 e. The Bertz CT molecular complexity index is 642. The lowest BCUT2D eigenvalue weighted by molar-refractivity contribution is -0.127. The van der Waals surface area contributed by atoms with Crippen molar-refractivity contribution in [3.8, 4) is 11.1 Å². The Balaban J connectivity index is 1.98. The Morgan fingerprint density at radius 2 is 2.24 bits per heavy atom. The van der Waals surface area contributed by atoms with Crippen LogP contribution in [0.5, 0.6) is 0 Å². The van der Waals surface area contributed by atoms with E-state index in [9.17, 15) is 4.79 Å². The third-order valence-corrected chi connectivity index (χ3v) is 4.53. The Kier molecular flexibility index (Phi) is 3.74. The number of hydrogen-bond donors (Lipinski definition) is 1. The van der Waals surface area contributed by atoms with E-state index in [0.717, 1.165) is 35.6 Å². The van der Waals surface area contributed by atoms with Gasteiger partial charge in [-0.3, -0.25) is 9.78 Å². The third-order valence-electron chi connectivity index (χ3n) is 3.61. The third kappa shape index (κ3) is 2.69. The standard InChI is InChI=1S/C14H17N5OS/c1-18-6-3-7-19(9-11(18)20)14-12(13(15)17-21-14)10-4-2-5-16-8-10/h2,4-5,8H,3,6-7,9H2,1H3,(H2,15,17). The molecule has 0 atom stereocenters. The second-order valence-corrected chi connectivity index (χ2v) is 5.83. The van der Waals surface area contributed by atoms with Gasteiger partial charge < -0.3 is 15.5 Å². The maximum absolute atomic E-state index is 12.1. The van der Waals surface area contributed by atoms with E-state index >= 15 is 0 Å². The van der Waals surface area contributed by atoms with Gasteiger partial charge in [0.2, 0.25) is 5.91 Å². The minimum Gasteiger partial charge on any atom is -0.382 e. The molecule has 0 bridgehead atoms. The van der Waals surface area contributed by atoms with Crippen LogP contribution in [0.2, 0.25) is 0 Å². The number of nitrogen functional groups attached to an aromatic ring is 1. The van der Waals surface area contributed by atoms with Crippen molar-refractivity contribution in [2.75, 3.05) is 37.3 Å². The monoisotopic (exact) mass is 303 g/mol. The van der Waals surface area contributed by atoms with E-state index in [0.29, 0.717) is 12.4 Å². The quantitative estimate of drug-likeness (QED) is 0.909. The highest BCUT2D eigenvalue weighted by Crippen LogP contribution is 2.39. The fourth-order valence-electron chi connectivity index (χ4n) is 2.45. The summed E-state index contributed by atoms with van der Waals surface area (Å²) in [7, 11) is 1.84. The van der Waals surface area contributed by atoms with Gasteiger partial charge in [-0.1, -0.05) is 6.07 Å². The first-order valence-electron chi connectivity index (χ1n) is 6.81. The van der Waals surface area contributed by atoms with Crippen LogP contribution in [0.3, 0.4) is 0 Å². The largest absolute Gasteiger partial charge is 0.382 e. The molecule has 21 heavy (non-hydrogen) atoms. The van der Waals surface area contributed by atoms with Crippen LogP contribution in [0.25, 0.3) is 11.1 Å². The first-order chi connectivity index (χ1) is 10.2. The second kappa shape index (κ2) is 5.69. The van der Waals surface area contributed by atoms with Crippen molar-refractivity contribution in [3.05, 3.63) is 24.5 Å². The first-order valence-corrected chi connectivity index (χ1v) is 7.58. The van der Waals surface area contributed by atoms with Gasteiger partial charge in [0.1, 0.15) is 10.8 Å². The lowest BCUT2D eigenvalue weighted by Crippen LogP contribution is -2.34. The molecule has 2 aromatic rings. The fraction of sp³-hybridized carbons (Fsp3) is 0.357. The summed E-state index contributed by atoms with van der Waals surface area (Å²) >= 11 is 1.34. The normalized spacial score (nSPS) is 16.1. The maximum atomic E-state index is 12.1. The minimum absolute atomic E-state index is 0.122. The maximum Gasteiger partial charge on any atom is 0.241 e. The highest BCUT2D eigenvalue weighted by Gasteiger charge is 2.24. The molecule has 7 heteroatoms. The van der Waals surface area contributed by atoms with Crippen molar-refractivity contribution in [1.82, 2.24) is 14.3 Å². The predicted octanol–water partition coefficient (Wildman–Crippen LogP) is 1.46. The molecule has 6 nitrogen and oxygen atoms in total. The molecule has 0 saturated carbocycles. The van der Waals surface area contributed by atoms with E-state index in [1.807, 2.05) is 19.2 Å². The number of likely N-dealkylation sites (N-methyl/N-ethyl adjacent to an activating group) is 1. The lowest BCUT2D eigenvalue weighted by Gasteiger charge is -2.21. The molecule has 0 unspecified atom stereocenters. The average molecular weight is 303 g/mol. The molecular weight excluding hydrogens is 286 g/mol. The van der Waals surface area contributed by atoms with E-state index < -0.39 is 0 Å². The Morgan fingerprint density at radius 1 is 1.38 bits per heavy atom. The number of carbonyl (C=O) groups excluding carboxylic acids is 1. The van der Waals surface area contributed by atoms with Crippen LogP contribution >= 0.6 is 11.5 Å². The van der Waals surface area contributed by atoms with E-state index in [-0.39, 0.29) is 5.91 Å². The zero-order chi connectivity index (χ0) is 14.8. The number of anilines is 2. The number of hydrogen-bond acceptors (Lipinski definition) is 6. The number of aromatic nitrogens is 2. The number of nitrogens with two attached hydrogens (primary N) is 1. The molecule has 0 aromatic carbocycles. The van der Waals surface area contributed by atoms with Gasteiger partial charge >= 0.3 is 0 Å². The number of carbonyl (C=O) groups is 1. The van der Waals surface area contributed by atoms with Crippen LogP contribution < -0.4 is 10.6 Å². The predicted molar refractivity (Wildman–Crippen MR) is 84.2 cm³/mol. The van der Waals surface area contributed by atoms with E-state index in [2.05, 4.69) is 14.3 Å². The van der Waals surface area contributed by atoms with Crippen LogP contribution in [0.15, 0.2) is 24.5 Å². The van der Waals surface area contributed by atoms with E-state index in [1.54, 1.807) is 17.3 Å². The molecule has 1 saturated heterocycles. The molecule has 0 aliphatic carbocycles. The molecule has 1 fully saturated rings. The molecule has 110 valence electrons. The van der Waals surface area contributed by atoms with Crippen LogP contribution in [0.1, 0.15) is 6.42 Å². The second-order valence-electron chi connectivity index (χ2n) is 5.08. The van der Waals surface area contributed by atoms with Gasteiger partial charge in [0, 0.05) is 38.1 Å². The van der Waals surface area contributed by atoms with Gasteiger partial charge in [0.15, 0.2) is 0 Å². The molecule has 3 rings (SSSR count). The summed E-state index contributed by atoms with van der Waals surface area (Å²) in [6, 6.07) is 3.83. The molecule has 1 aliphatic rings. The van der Waals surface area contributed by atoms with Crippen molar-refractivity contribution in [2.24, 2.45) is 0 Å². The van der Waals surface area contributed by atoms with Crippen molar-refractivity contribution >= 4 is 28.3 Å². The number of nitrogens with zero attached hydrogens (tertiary/aromatic N) is 4. The number of amides is 1. The molecule has 3 heterocycles. The number of rotatable bonds is 2. The Morgan fingerprint density at radius 3 is 3.00 bits per heavy atom. The minimum atomic E-state index is 0.122. The Hall–Kier alpha value is -2.15. The molecule has 1 aliphatic heterocycles.